The van der Waals surface area contributed by atoms with E-state index in [1.165, 1.54) is 32.1 Å². The molecular formula is C24H27N3O6. The van der Waals surface area contributed by atoms with Gasteiger partial charge in [-0.3, -0.25) is 9.59 Å². The Balaban J connectivity index is 1.96. The number of benzene rings is 2. The summed E-state index contributed by atoms with van der Waals surface area (Å²) >= 11 is 0. The zero-order chi connectivity index (χ0) is 24.0. The number of nitrogens with one attached hydrogen (secondary N) is 1. The van der Waals surface area contributed by atoms with Crippen molar-refractivity contribution in [3.63, 3.8) is 0 Å². The van der Waals surface area contributed by atoms with E-state index in [0.717, 1.165) is 12.8 Å². The molecule has 0 saturated heterocycles. The number of amides is 1. The summed E-state index contributed by atoms with van der Waals surface area (Å²) in [6, 6.07) is 10.2. The van der Waals surface area contributed by atoms with Crippen LogP contribution in [0.1, 0.15) is 35.7 Å². The number of fused-ring (bicyclic) bond motifs is 1. The van der Waals surface area contributed by atoms with Gasteiger partial charge in [0, 0.05) is 23.6 Å². The Hall–Kier alpha value is -4.01. The van der Waals surface area contributed by atoms with Gasteiger partial charge in [0.2, 0.25) is 0 Å². The molecule has 2 N–H and O–H groups in total. The Kier molecular flexibility index (Phi) is 7.55. The summed E-state index contributed by atoms with van der Waals surface area (Å²) in [5.74, 6) is 0.186. The monoisotopic (exact) mass is 453 g/mol. The fourth-order valence-electron chi connectivity index (χ4n) is 3.50. The topological polar surface area (TPSA) is 111 Å². The minimum absolute atomic E-state index is 0.360. The standard InChI is InChI=1S/C24H27N3O6/c1-5-6-11-27-17-10-8-7-9-16(17)22(28)21(24(27)30)23(29)26-25-14-15-12-19(32-3)20(33-4)13-18(15)31-2/h7-10,12-14,28H,5-6,11H2,1-4H3,(H,26,29). The highest BCUT2D eigenvalue weighted by atomic mass is 16.5. The maximum absolute atomic E-state index is 13.1. The van der Waals surface area contributed by atoms with Crippen LogP contribution < -0.4 is 25.2 Å². The van der Waals surface area contributed by atoms with Crippen LogP contribution in [-0.4, -0.2) is 43.1 Å². The Morgan fingerprint density at radius 3 is 2.42 bits per heavy atom. The highest BCUT2D eigenvalue weighted by Gasteiger charge is 2.22. The third-order valence-electron chi connectivity index (χ3n) is 5.21. The zero-order valence-corrected chi connectivity index (χ0v) is 19.0. The number of para-hydroxylation sites is 1. The van der Waals surface area contributed by atoms with E-state index in [1.807, 2.05) is 6.92 Å². The maximum atomic E-state index is 13.1. The first-order chi connectivity index (χ1) is 16.0. The number of aromatic hydroxyl groups is 1. The Morgan fingerprint density at radius 1 is 1.09 bits per heavy atom. The molecule has 9 heteroatoms. The molecule has 1 heterocycles. The van der Waals surface area contributed by atoms with Crippen molar-refractivity contribution < 1.29 is 24.1 Å². The molecule has 2 aromatic carbocycles. The lowest BCUT2D eigenvalue weighted by Gasteiger charge is -2.14. The van der Waals surface area contributed by atoms with Gasteiger partial charge in [-0.1, -0.05) is 25.5 Å². The van der Waals surface area contributed by atoms with Crippen molar-refractivity contribution in [3.05, 3.63) is 57.9 Å². The van der Waals surface area contributed by atoms with Gasteiger partial charge < -0.3 is 23.9 Å². The van der Waals surface area contributed by atoms with Gasteiger partial charge in [-0.2, -0.15) is 5.10 Å². The number of aromatic nitrogens is 1. The lowest BCUT2D eigenvalue weighted by atomic mass is 10.1. The van der Waals surface area contributed by atoms with Crippen molar-refractivity contribution in [2.24, 2.45) is 5.10 Å². The van der Waals surface area contributed by atoms with Crippen molar-refractivity contribution in [3.8, 4) is 23.0 Å². The first-order valence-corrected chi connectivity index (χ1v) is 10.4. The normalized spacial score (nSPS) is 11.0. The first kappa shape index (κ1) is 23.6. The number of hydrazone groups is 1. The van der Waals surface area contributed by atoms with Crippen molar-refractivity contribution in [2.45, 2.75) is 26.3 Å². The smallest absolute Gasteiger partial charge is 0.280 e. The Bertz CT molecular complexity index is 1250. The molecule has 0 aliphatic carbocycles. The lowest BCUT2D eigenvalue weighted by Crippen LogP contribution is -2.31. The summed E-state index contributed by atoms with van der Waals surface area (Å²) in [7, 11) is 4.50. The molecule has 0 spiro atoms. The number of carbonyl (C=O) groups is 1. The molecule has 0 radical (unpaired) electrons. The maximum Gasteiger partial charge on any atom is 0.280 e. The third kappa shape index (κ3) is 4.77. The molecule has 1 amide bonds. The number of nitrogens with zero attached hydrogens (tertiary/aromatic N) is 2. The fourth-order valence-corrected chi connectivity index (χ4v) is 3.50. The van der Waals surface area contributed by atoms with E-state index in [-0.39, 0.29) is 11.3 Å². The number of rotatable bonds is 9. The van der Waals surface area contributed by atoms with Gasteiger partial charge in [-0.15, -0.1) is 0 Å². The van der Waals surface area contributed by atoms with Crippen molar-refractivity contribution in [2.75, 3.05) is 21.3 Å². The molecule has 3 rings (SSSR count). The number of aryl methyl sites for hydroxylation is 1. The second-order valence-electron chi connectivity index (χ2n) is 7.20. The van der Waals surface area contributed by atoms with Crippen LogP contribution in [0.2, 0.25) is 0 Å². The minimum atomic E-state index is -0.816. The van der Waals surface area contributed by atoms with Gasteiger partial charge >= 0.3 is 0 Å². The van der Waals surface area contributed by atoms with E-state index in [1.54, 1.807) is 36.4 Å². The van der Waals surface area contributed by atoms with E-state index in [4.69, 9.17) is 14.2 Å². The SMILES string of the molecule is CCCCn1c(=O)c(C(=O)NN=Cc2cc(OC)c(OC)cc2OC)c(O)c2ccccc21. The Morgan fingerprint density at radius 2 is 1.76 bits per heavy atom. The summed E-state index contributed by atoms with van der Waals surface area (Å²) in [5.41, 5.74) is 2.48. The summed E-state index contributed by atoms with van der Waals surface area (Å²) in [6.07, 6.45) is 2.99. The van der Waals surface area contributed by atoms with Gasteiger partial charge in [-0.25, -0.2) is 5.43 Å². The lowest BCUT2D eigenvalue weighted by molar-refractivity contribution is 0.0950. The van der Waals surface area contributed by atoms with Crippen LogP contribution in [0.3, 0.4) is 0 Å². The van der Waals surface area contributed by atoms with Gasteiger partial charge in [0.15, 0.2) is 11.5 Å². The molecule has 1 aromatic heterocycles. The van der Waals surface area contributed by atoms with Crippen molar-refractivity contribution >= 4 is 23.0 Å². The predicted molar refractivity (Wildman–Crippen MR) is 126 cm³/mol. The molecule has 0 saturated carbocycles. The summed E-state index contributed by atoms with van der Waals surface area (Å²) in [4.78, 5) is 25.9. The number of pyridine rings is 1. The number of ether oxygens (including phenoxy) is 3. The van der Waals surface area contributed by atoms with Crippen LogP contribution in [0.5, 0.6) is 23.0 Å². The molecule has 0 atom stereocenters. The van der Waals surface area contributed by atoms with E-state index in [9.17, 15) is 14.7 Å². The highest BCUT2D eigenvalue weighted by molar-refractivity contribution is 6.02. The molecule has 0 unspecified atom stereocenters. The number of hydrogen-bond donors (Lipinski definition) is 2. The van der Waals surface area contributed by atoms with E-state index >= 15 is 0 Å². The molecule has 0 aliphatic rings. The van der Waals surface area contributed by atoms with Crippen LogP contribution >= 0.6 is 0 Å². The zero-order valence-electron chi connectivity index (χ0n) is 19.0. The van der Waals surface area contributed by atoms with Gasteiger partial charge in [-0.05, 0) is 24.6 Å². The van der Waals surface area contributed by atoms with Crippen LogP contribution in [-0.2, 0) is 6.54 Å². The minimum Gasteiger partial charge on any atom is -0.506 e. The Labute approximate surface area is 191 Å². The molecule has 9 nitrogen and oxygen atoms in total. The van der Waals surface area contributed by atoms with E-state index in [2.05, 4.69) is 10.5 Å². The molecule has 174 valence electrons. The number of hydrogen-bond acceptors (Lipinski definition) is 7. The van der Waals surface area contributed by atoms with Crippen LogP contribution in [0.4, 0.5) is 0 Å². The number of carbonyl (C=O) groups excluding carboxylic acids is 1. The first-order valence-electron chi connectivity index (χ1n) is 10.4. The molecular weight excluding hydrogens is 426 g/mol. The average Bonchev–Trinajstić information content (AvgIpc) is 2.83. The second-order valence-corrected chi connectivity index (χ2v) is 7.20. The van der Waals surface area contributed by atoms with Crippen LogP contribution in [0, 0.1) is 0 Å². The quantitative estimate of drug-likeness (QED) is 0.380. The summed E-state index contributed by atoms with van der Waals surface area (Å²) in [6.45, 7) is 2.45. The predicted octanol–water partition coefficient (Wildman–Crippen LogP) is 3.30. The number of unbranched alkanes of at least 4 members (excludes halogenated alkanes) is 1. The largest absolute Gasteiger partial charge is 0.506 e. The van der Waals surface area contributed by atoms with Crippen LogP contribution in [0.15, 0.2) is 46.3 Å². The molecule has 3 aromatic rings. The molecule has 0 aliphatic heterocycles. The molecule has 0 bridgehead atoms. The van der Waals surface area contributed by atoms with E-state index in [0.29, 0.717) is 40.3 Å². The molecule has 33 heavy (non-hydrogen) atoms. The van der Waals surface area contributed by atoms with E-state index < -0.39 is 11.5 Å². The van der Waals surface area contributed by atoms with Gasteiger partial charge in [0.25, 0.3) is 11.5 Å². The van der Waals surface area contributed by atoms with Gasteiger partial charge in [0.1, 0.15) is 17.1 Å². The second kappa shape index (κ2) is 10.5. The third-order valence-corrected chi connectivity index (χ3v) is 5.21. The average molecular weight is 453 g/mol. The fraction of sp³-hybridized carbons (Fsp3) is 0.292. The van der Waals surface area contributed by atoms with Crippen LogP contribution in [0.25, 0.3) is 10.9 Å². The molecule has 0 fully saturated rings. The van der Waals surface area contributed by atoms with Crippen molar-refractivity contribution in [1.29, 1.82) is 0 Å². The summed E-state index contributed by atoms with van der Waals surface area (Å²) < 4.78 is 17.4. The van der Waals surface area contributed by atoms with Gasteiger partial charge in [0.05, 0.1) is 33.1 Å². The van der Waals surface area contributed by atoms with Crippen molar-refractivity contribution in [1.82, 2.24) is 9.99 Å². The highest BCUT2D eigenvalue weighted by Crippen LogP contribution is 2.33. The summed E-state index contributed by atoms with van der Waals surface area (Å²) in [5, 5.41) is 15.1. The number of methoxy groups -OCH3 is 3.